The molecule has 0 aromatic heterocycles. The second-order valence-electron chi connectivity index (χ2n) is 8.20. The average Bonchev–Trinajstić information content (AvgIpc) is 3.37. The number of rotatable bonds is 7. The van der Waals surface area contributed by atoms with Gasteiger partial charge < -0.3 is 15.4 Å². The molecule has 7 nitrogen and oxygen atoms in total. The van der Waals surface area contributed by atoms with E-state index in [9.17, 15) is 18.0 Å². The number of nitrogens with one attached hydrogen (secondary N) is 2. The first-order valence-corrected chi connectivity index (χ1v) is 12.5. The van der Waals surface area contributed by atoms with Crippen LogP contribution in [-0.4, -0.2) is 32.1 Å². The molecule has 3 aromatic carbocycles. The molecule has 0 unspecified atom stereocenters. The molecule has 3 aromatic rings. The topological polar surface area (TPSA) is 102 Å². The van der Waals surface area contributed by atoms with E-state index in [4.69, 9.17) is 4.74 Å². The fourth-order valence-electron chi connectivity index (χ4n) is 4.28. The summed E-state index contributed by atoms with van der Waals surface area (Å²) in [7, 11) is -2.35. The van der Waals surface area contributed by atoms with Gasteiger partial charge in [-0.05, 0) is 61.4 Å². The molecule has 1 fully saturated rings. The van der Waals surface area contributed by atoms with Crippen LogP contribution in [-0.2, 0) is 14.6 Å². The minimum atomic E-state index is -3.87. The Bertz CT molecular complexity index is 1280. The zero-order chi connectivity index (χ0) is 24.2. The SMILES string of the molecule is COc1ccccc1NC(=O)c1ccc(NC(=O)C2(S(=O)(=O)c3ccccc3)CCCC2)cc1. The van der Waals surface area contributed by atoms with Gasteiger partial charge in [-0.25, -0.2) is 8.42 Å². The third-order valence-electron chi connectivity index (χ3n) is 6.15. The van der Waals surface area contributed by atoms with E-state index in [1.807, 2.05) is 0 Å². The highest BCUT2D eigenvalue weighted by molar-refractivity contribution is 7.93. The lowest BCUT2D eigenvalue weighted by molar-refractivity contribution is -0.118. The second-order valence-corrected chi connectivity index (χ2v) is 10.5. The van der Waals surface area contributed by atoms with Gasteiger partial charge in [-0.15, -0.1) is 0 Å². The van der Waals surface area contributed by atoms with Crippen molar-refractivity contribution in [3.05, 3.63) is 84.4 Å². The van der Waals surface area contributed by atoms with Gasteiger partial charge in [0.1, 0.15) is 5.75 Å². The van der Waals surface area contributed by atoms with Gasteiger partial charge in [0.05, 0.1) is 17.7 Å². The van der Waals surface area contributed by atoms with Gasteiger partial charge in [-0.2, -0.15) is 0 Å². The first kappa shape index (κ1) is 23.5. The monoisotopic (exact) mass is 478 g/mol. The van der Waals surface area contributed by atoms with E-state index in [-0.39, 0.29) is 23.6 Å². The number of hydrogen-bond donors (Lipinski definition) is 2. The van der Waals surface area contributed by atoms with Gasteiger partial charge >= 0.3 is 0 Å². The Morgan fingerprint density at radius 2 is 1.44 bits per heavy atom. The van der Waals surface area contributed by atoms with Crippen molar-refractivity contribution in [1.82, 2.24) is 0 Å². The molecule has 0 aliphatic heterocycles. The molecular formula is C26H26N2O5S. The summed E-state index contributed by atoms with van der Waals surface area (Å²) in [6.45, 7) is 0. The fourth-order valence-corrected chi connectivity index (χ4v) is 6.37. The van der Waals surface area contributed by atoms with Gasteiger partial charge in [-0.3, -0.25) is 9.59 Å². The van der Waals surface area contributed by atoms with E-state index < -0.39 is 20.5 Å². The lowest BCUT2D eigenvalue weighted by Gasteiger charge is -2.27. The molecule has 1 aliphatic rings. The van der Waals surface area contributed by atoms with Crippen LogP contribution in [0.1, 0.15) is 36.0 Å². The summed E-state index contributed by atoms with van der Waals surface area (Å²) in [5.41, 5.74) is 1.35. The number of sulfone groups is 1. The molecule has 2 N–H and O–H groups in total. The molecule has 2 amide bonds. The maximum absolute atomic E-state index is 13.4. The van der Waals surface area contributed by atoms with Crippen molar-refractivity contribution < 1.29 is 22.7 Å². The van der Waals surface area contributed by atoms with Crippen molar-refractivity contribution in [2.24, 2.45) is 0 Å². The van der Waals surface area contributed by atoms with E-state index >= 15 is 0 Å². The van der Waals surface area contributed by atoms with Gasteiger partial charge in [0, 0.05) is 11.3 Å². The first-order chi connectivity index (χ1) is 16.4. The summed E-state index contributed by atoms with van der Waals surface area (Å²) in [5, 5.41) is 5.56. The van der Waals surface area contributed by atoms with Crippen LogP contribution in [0.25, 0.3) is 0 Å². The van der Waals surface area contributed by atoms with Gasteiger partial charge in [0.2, 0.25) is 5.91 Å². The van der Waals surface area contributed by atoms with Crippen LogP contribution < -0.4 is 15.4 Å². The summed E-state index contributed by atoms with van der Waals surface area (Å²) < 4.78 is 30.6. The minimum absolute atomic E-state index is 0.149. The number of amides is 2. The van der Waals surface area contributed by atoms with Crippen LogP contribution in [0, 0.1) is 0 Å². The molecule has 0 heterocycles. The molecule has 0 atom stereocenters. The predicted octanol–water partition coefficient (Wildman–Crippen LogP) is 4.67. The van der Waals surface area contributed by atoms with Crippen molar-refractivity contribution in [1.29, 1.82) is 0 Å². The molecule has 0 bridgehead atoms. The number of para-hydroxylation sites is 2. The third-order valence-corrected chi connectivity index (χ3v) is 8.67. The lowest BCUT2D eigenvalue weighted by Crippen LogP contribution is -2.47. The largest absolute Gasteiger partial charge is 0.495 e. The Balaban J connectivity index is 1.51. The molecule has 1 saturated carbocycles. The Kier molecular flexibility index (Phi) is 6.70. The van der Waals surface area contributed by atoms with Crippen molar-refractivity contribution >= 4 is 33.0 Å². The number of ether oxygens (including phenoxy) is 1. The highest BCUT2D eigenvalue weighted by Gasteiger charge is 2.52. The number of anilines is 2. The summed E-state index contributed by atoms with van der Waals surface area (Å²) in [6, 6.07) is 21.5. The van der Waals surface area contributed by atoms with Crippen LogP contribution in [0.3, 0.4) is 0 Å². The number of methoxy groups -OCH3 is 1. The second kappa shape index (κ2) is 9.69. The van der Waals surface area contributed by atoms with E-state index in [2.05, 4.69) is 10.6 Å². The minimum Gasteiger partial charge on any atom is -0.495 e. The van der Waals surface area contributed by atoms with Gasteiger partial charge in [0.25, 0.3) is 5.91 Å². The summed E-state index contributed by atoms with van der Waals surface area (Å²) in [4.78, 5) is 26.1. The summed E-state index contributed by atoms with van der Waals surface area (Å²) in [6.07, 6.45) is 1.88. The van der Waals surface area contributed by atoms with Crippen LogP contribution in [0.5, 0.6) is 5.75 Å². The third kappa shape index (κ3) is 4.41. The number of carbonyl (C=O) groups excluding carboxylic acids is 2. The van der Waals surface area contributed by atoms with E-state index in [0.29, 0.717) is 35.5 Å². The number of benzene rings is 3. The van der Waals surface area contributed by atoms with E-state index in [1.54, 1.807) is 66.7 Å². The predicted molar refractivity (Wildman–Crippen MR) is 131 cm³/mol. The van der Waals surface area contributed by atoms with Crippen molar-refractivity contribution in [2.45, 2.75) is 35.3 Å². The van der Waals surface area contributed by atoms with Crippen LogP contribution in [0.4, 0.5) is 11.4 Å². The highest BCUT2D eigenvalue weighted by atomic mass is 32.2. The fraction of sp³-hybridized carbons (Fsp3) is 0.231. The quantitative estimate of drug-likeness (QED) is 0.514. The normalized spacial score (nSPS) is 14.9. The Hall–Kier alpha value is -3.65. The molecule has 1 aliphatic carbocycles. The molecule has 0 radical (unpaired) electrons. The molecule has 34 heavy (non-hydrogen) atoms. The number of hydrogen-bond acceptors (Lipinski definition) is 5. The molecule has 176 valence electrons. The molecule has 4 rings (SSSR count). The van der Waals surface area contributed by atoms with E-state index in [1.165, 1.54) is 19.2 Å². The smallest absolute Gasteiger partial charge is 0.255 e. The molecule has 8 heteroatoms. The zero-order valence-corrected chi connectivity index (χ0v) is 19.6. The molecular weight excluding hydrogens is 452 g/mol. The standard InChI is InChI=1S/C26H26N2O5S/c1-33-23-12-6-5-11-22(23)28-24(29)19-13-15-20(16-14-19)27-25(30)26(17-7-8-18-26)34(31,32)21-9-3-2-4-10-21/h2-6,9-16H,7-8,17-18H2,1H3,(H,27,30)(H,28,29). The van der Waals surface area contributed by atoms with Crippen molar-refractivity contribution in [3.63, 3.8) is 0 Å². The van der Waals surface area contributed by atoms with Crippen LogP contribution in [0.15, 0.2) is 83.8 Å². The summed E-state index contributed by atoms with van der Waals surface area (Å²) in [5.74, 6) is -0.331. The summed E-state index contributed by atoms with van der Waals surface area (Å²) >= 11 is 0. The van der Waals surface area contributed by atoms with E-state index in [0.717, 1.165) is 0 Å². The maximum Gasteiger partial charge on any atom is 0.255 e. The lowest BCUT2D eigenvalue weighted by atomic mass is 10.1. The Morgan fingerprint density at radius 3 is 2.09 bits per heavy atom. The zero-order valence-electron chi connectivity index (χ0n) is 18.8. The Morgan fingerprint density at radius 1 is 0.824 bits per heavy atom. The molecule has 0 saturated heterocycles. The van der Waals surface area contributed by atoms with Crippen molar-refractivity contribution in [2.75, 3.05) is 17.7 Å². The molecule has 0 spiro atoms. The Labute approximate surface area is 199 Å². The maximum atomic E-state index is 13.4. The van der Waals surface area contributed by atoms with Gasteiger partial charge in [0.15, 0.2) is 14.6 Å². The average molecular weight is 479 g/mol. The van der Waals surface area contributed by atoms with Crippen LogP contribution in [0.2, 0.25) is 0 Å². The van der Waals surface area contributed by atoms with Crippen molar-refractivity contribution in [3.8, 4) is 5.75 Å². The highest BCUT2D eigenvalue weighted by Crippen LogP contribution is 2.41. The first-order valence-electron chi connectivity index (χ1n) is 11.0. The number of carbonyl (C=O) groups is 2. The van der Waals surface area contributed by atoms with Crippen LogP contribution >= 0.6 is 0 Å². The van der Waals surface area contributed by atoms with Gasteiger partial charge in [-0.1, -0.05) is 43.2 Å².